The normalized spacial score (nSPS) is 12.6. The van der Waals surface area contributed by atoms with E-state index in [0.717, 1.165) is 12.4 Å². The number of rotatable bonds is 5. The number of hydrogen-bond acceptors (Lipinski definition) is 4. The zero-order chi connectivity index (χ0) is 11.2. The van der Waals surface area contributed by atoms with E-state index in [2.05, 4.69) is 27.3 Å². The van der Waals surface area contributed by atoms with E-state index < -0.39 is 0 Å². The van der Waals surface area contributed by atoms with Gasteiger partial charge in [0.15, 0.2) is 0 Å². The number of aromatic nitrogens is 4. The quantitative estimate of drug-likeness (QED) is 0.806. The molecule has 0 radical (unpaired) electrons. The van der Waals surface area contributed by atoms with Gasteiger partial charge in [-0.15, -0.1) is 0 Å². The average molecular weight is 217 g/mol. The molecule has 16 heavy (non-hydrogen) atoms. The average Bonchev–Trinajstić information content (AvgIpc) is 2.81. The summed E-state index contributed by atoms with van der Waals surface area (Å²) in [5, 5.41) is 7.51. The minimum absolute atomic E-state index is 0.337. The molecule has 0 saturated heterocycles. The van der Waals surface area contributed by atoms with Crippen molar-refractivity contribution >= 4 is 0 Å². The monoisotopic (exact) mass is 217 g/mol. The van der Waals surface area contributed by atoms with Crippen LogP contribution in [-0.4, -0.2) is 25.8 Å². The van der Waals surface area contributed by atoms with E-state index in [9.17, 15) is 0 Å². The highest BCUT2D eigenvalue weighted by Crippen LogP contribution is 1.93. The second-order valence-electron chi connectivity index (χ2n) is 3.68. The van der Waals surface area contributed by atoms with Crippen molar-refractivity contribution in [2.45, 2.75) is 26.1 Å². The van der Waals surface area contributed by atoms with Gasteiger partial charge in [-0.25, -0.2) is 9.97 Å². The lowest BCUT2D eigenvalue weighted by molar-refractivity contribution is 0.445. The van der Waals surface area contributed by atoms with Gasteiger partial charge in [0, 0.05) is 30.8 Å². The van der Waals surface area contributed by atoms with Crippen LogP contribution in [0.2, 0.25) is 0 Å². The Morgan fingerprint density at radius 2 is 2.06 bits per heavy atom. The third-order valence-corrected chi connectivity index (χ3v) is 2.25. The van der Waals surface area contributed by atoms with E-state index in [1.807, 2.05) is 23.0 Å². The smallest absolute Gasteiger partial charge is 0.141 e. The van der Waals surface area contributed by atoms with Crippen LogP contribution in [0, 0.1) is 0 Å². The standard InChI is InChI=1S/C11H15N5/c1-10(9-16-7-3-6-15-16)14-8-11-12-4-2-5-13-11/h2-7,10,14H,8-9H2,1H3. The Hall–Kier alpha value is -1.75. The molecule has 2 aromatic heterocycles. The molecule has 5 heteroatoms. The van der Waals surface area contributed by atoms with E-state index in [1.54, 1.807) is 18.6 Å². The lowest BCUT2D eigenvalue weighted by atomic mass is 10.3. The molecule has 2 aromatic rings. The highest BCUT2D eigenvalue weighted by Gasteiger charge is 2.03. The highest BCUT2D eigenvalue weighted by atomic mass is 15.3. The fourth-order valence-electron chi connectivity index (χ4n) is 1.44. The van der Waals surface area contributed by atoms with Crippen LogP contribution in [0.4, 0.5) is 0 Å². The first kappa shape index (κ1) is 10.8. The first-order chi connectivity index (χ1) is 7.84. The summed E-state index contributed by atoms with van der Waals surface area (Å²) in [5.41, 5.74) is 0. The van der Waals surface area contributed by atoms with Crippen LogP contribution in [0.1, 0.15) is 12.7 Å². The predicted molar refractivity (Wildman–Crippen MR) is 60.6 cm³/mol. The van der Waals surface area contributed by atoms with Crippen LogP contribution in [0.5, 0.6) is 0 Å². The summed E-state index contributed by atoms with van der Waals surface area (Å²) in [6, 6.07) is 4.08. The van der Waals surface area contributed by atoms with Gasteiger partial charge < -0.3 is 5.32 Å². The van der Waals surface area contributed by atoms with E-state index in [-0.39, 0.29) is 0 Å². The molecule has 0 aliphatic heterocycles. The second-order valence-corrected chi connectivity index (χ2v) is 3.68. The summed E-state index contributed by atoms with van der Waals surface area (Å²) >= 11 is 0. The fourth-order valence-corrected chi connectivity index (χ4v) is 1.44. The summed E-state index contributed by atoms with van der Waals surface area (Å²) in [7, 11) is 0. The van der Waals surface area contributed by atoms with Crippen molar-refractivity contribution in [2.24, 2.45) is 0 Å². The van der Waals surface area contributed by atoms with Gasteiger partial charge in [-0.3, -0.25) is 4.68 Å². The summed E-state index contributed by atoms with van der Waals surface area (Å²) in [4.78, 5) is 8.30. The van der Waals surface area contributed by atoms with E-state index >= 15 is 0 Å². The Kier molecular flexibility index (Phi) is 3.61. The summed E-state index contributed by atoms with van der Waals surface area (Å²) in [6.07, 6.45) is 7.24. The Morgan fingerprint density at radius 1 is 1.25 bits per heavy atom. The van der Waals surface area contributed by atoms with Crippen molar-refractivity contribution < 1.29 is 0 Å². The summed E-state index contributed by atoms with van der Waals surface area (Å²) < 4.78 is 1.91. The number of nitrogens with zero attached hydrogens (tertiary/aromatic N) is 4. The molecule has 84 valence electrons. The summed E-state index contributed by atoms with van der Waals surface area (Å²) in [5.74, 6) is 0.815. The third-order valence-electron chi connectivity index (χ3n) is 2.25. The van der Waals surface area contributed by atoms with E-state index in [4.69, 9.17) is 0 Å². The lowest BCUT2D eigenvalue weighted by Crippen LogP contribution is -2.30. The van der Waals surface area contributed by atoms with Crippen LogP contribution in [0.25, 0.3) is 0 Å². The molecule has 1 unspecified atom stereocenters. The minimum Gasteiger partial charge on any atom is -0.305 e. The first-order valence-corrected chi connectivity index (χ1v) is 5.31. The zero-order valence-corrected chi connectivity index (χ0v) is 9.24. The maximum absolute atomic E-state index is 4.16. The Labute approximate surface area is 94.5 Å². The molecule has 0 bridgehead atoms. The molecule has 0 saturated carbocycles. The van der Waals surface area contributed by atoms with Gasteiger partial charge in [0.1, 0.15) is 5.82 Å². The van der Waals surface area contributed by atoms with Crippen molar-refractivity contribution in [3.63, 3.8) is 0 Å². The second kappa shape index (κ2) is 5.37. The zero-order valence-electron chi connectivity index (χ0n) is 9.24. The van der Waals surface area contributed by atoms with E-state index in [1.165, 1.54) is 0 Å². The van der Waals surface area contributed by atoms with Gasteiger partial charge in [-0.1, -0.05) is 0 Å². The van der Waals surface area contributed by atoms with Crippen LogP contribution in [-0.2, 0) is 13.1 Å². The molecule has 0 amide bonds. The van der Waals surface area contributed by atoms with Crippen LogP contribution >= 0.6 is 0 Å². The molecule has 2 heterocycles. The molecule has 0 aliphatic carbocycles. The molecule has 1 atom stereocenters. The molecule has 0 aliphatic rings. The van der Waals surface area contributed by atoms with Crippen molar-refractivity contribution in [2.75, 3.05) is 0 Å². The lowest BCUT2D eigenvalue weighted by Gasteiger charge is -2.12. The third kappa shape index (κ3) is 3.13. The van der Waals surface area contributed by atoms with Gasteiger partial charge in [-0.2, -0.15) is 5.10 Å². The largest absolute Gasteiger partial charge is 0.305 e. The van der Waals surface area contributed by atoms with Gasteiger partial charge in [-0.05, 0) is 19.1 Å². The Morgan fingerprint density at radius 3 is 2.75 bits per heavy atom. The minimum atomic E-state index is 0.337. The Balaban J connectivity index is 1.78. The first-order valence-electron chi connectivity index (χ1n) is 5.31. The van der Waals surface area contributed by atoms with Gasteiger partial charge in [0.2, 0.25) is 0 Å². The SMILES string of the molecule is CC(Cn1cccn1)NCc1ncccn1. The molecule has 0 fully saturated rings. The van der Waals surface area contributed by atoms with Gasteiger partial charge in [0.25, 0.3) is 0 Å². The van der Waals surface area contributed by atoms with Crippen molar-refractivity contribution in [3.8, 4) is 0 Å². The molecule has 2 rings (SSSR count). The van der Waals surface area contributed by atoms with Crippen LogP contribution in [0.15, 0.2) is 36.9 Å². The maximum atomic E-state index is 4.16. The number of nitrogens with one attached hydrogen (secondary N) is 1. The van der Waals surface area contributed by atoms with Crippen LogP contribution < -0.4 is 5.32 Å². The van der Waals surface area contributed by atoms with Crippen LogP contribution in [0.3, 0.4) is 0 Å². The fraction of sp³-hybridized carbons (Fsp3) is 0.364. The molecule has 0 spiro atoms. The highest BCUT2D eigenvalue weighted by molar-refractivity contribution is 4.88. The van der Waals surface area contributed by atoms with Crippen molar-refractivity contribution in [3.05, 3.63) is 42.7 Å². The van der Waals surface area contributed by atoms with Crippen molar-refractivity contribution in [1.29, 1.82) is 0 Å². The topological polar surface area (TPSA) is 55.6 Å². The Bertz CT molecular complexity index is 398. The molecule has 5 nitrogen and oxygen atoms in total. The van der Waals surface area contributed by atoms with E-state index in [0.29, 0.717) is 12.6 Å². The molecule has 1 N–H and O–H groups in total. The maximum Gasteiger partial charge on any atom is 0.141 e. The molecular weight excluding hydrogens is 202 g/mol. The van der Waals surface area contributed by atoms with Gasteiger partial charge >= 0.3 is 0 Å². The molecule has 0 aromatic carbocycles. The van der Waals surface area contributed by atoms with Gasteiger partial charge in [0.05, 0.1) is 13.1 Å². The number of hydrogen-bond donors (Lipinski definition) is 1. The molecular formula is C11H15N5. The van der Waals surface area contributed by atoms with Crippen molar-refractivity contribution in [1.82, 2.24) is 25.1 Å². The summed E-state index contributed by atoms with van der Waals surface area (Å²) in [6.45, 7) is 3.65. The predicted octanol–water partition coefficient (Wildman–Crippen LogP) is 0.851.